The lowest BCUT2D eigenvalue weighted by molar-refractivity contribution is -0.892. The lowest BCUT2D eigenvalue weighted by atomic mass is 10.0. The molecule has 0 amide bonds. The number of hydrogen-bond donors (Lipinski definition) is 1. The fourth-order valence-electron chi connectivity index (χ4n) is 2.36. The third kappa shape index (κ3) is 5.67. The largest absolute Gasteiger partial charge is 0.633 e. The summed E-state index contributed by atoms with van der Waals surface area (Å²) in [6.07, 6.45) is -9.41. The second-order valence-corrected chi connectivity index (χ2v) is 5.37. The Balaban J connectivity index is 3.29. The maximum Gasteiger partial charge on any atom is 0.416 e. The summed E-state index contributed by atoms with van der Waals surface area (Å²) in [6, 6.07) is 1.23. The van der Waals surface area contributed by atoms with Gasteiger partial charge in [0.25, 0.3) is 0 Å². The molecule has 1 aromatic carbocycles. The van der Waals surface area contributed by atoms with Crippen molar-refractivity contribution in [2.75, 3.05) is 19.6 Å². The van der Waals surface area contributed by atoms with Crippen molar-refractivity contribution in [2.24, 2.45) is 5.73 Å². The van der Waals surface area contributed by atoms with Crippen molar-refractivity contribution >= 4 is 0 Å². The fourth-order valence-corrected chi connectivity index (χ4v) is 2.36. The van der Waals surface area contributed by atoms with Gasteiger partial charge in [-0.05, 0) is 24.6 Å². The molecule has 132 valence electrons. The molecule has 0 aliphatic rings. The first-order valence-electron chi connectivity index (χ1n) is 6.97. The highest BCUT2D eigenvalue weighted by Crippen LogP contribution is 2.36. The Morgan fingerprint density at radius 2 is 1.43 bits per heavy atom. The van der Waals surface area contributed by atoms with E-state index in [-0.39, 0.29) is 31.3 Å². The molecule has 0 saturated carbocycles. The van der Waals surface area contributed by atoms with E-state index < -0.39 is 34.7 Å². The Kier molecular flexibility index (Phi) is 6.06. The first-order chi connectivity index (χ1) is 10.4. The molecule has 0 bridgehead atoms. The van der Waals surface area contributed by atoms with Gasteiger partial charge in [-0.3, -0.25) is 0 Å². The Hall–Kier alpha value is -1.32. The predicted octanol–water partition coefficient (Wildman–Crippen LogP) is 3.91. The smallest absolute Gasteiger partial charge is 0.416 e. The van der Waals surface area contributed by atoms with E-state index in [9.17, 15) is 31.5 Å². The van der Waals surface area contributed by atoms with Crippen molar-refractivity contribution < 1.29 is 31.0 Å². The average Bonchev–Trinajstić information content (AvgIpc) is 2.36. The minimum absolute atomic E-state index is 0.00537. The van der Waals surface area contributed by atoms with Gasteiger partial charge in [-0.2, -0.15) is 26.3 Å². The Labute approximate surface area is 129 Å². The molecular weight excluding hydrogens is 326 g/mol. The molecule has 9 heteroatoms. The van der Waals surface area contributed by atoms with Crippen LogP contribution >= 0.6 is 0 Å². The molecule has 0 fully saturated rings. The monoisotopic (exact) mass is 344 g/mol. The number of quaternary nitrogens is 1. The lowest BCUT2D eigenvalue weighted by Crippen LogP contribution is -2.45. The van der Waals surface area contributed by atoms with E-state index in [2.05, 4.69) is 0 Å². The lowest BCUT2D eigenvalue weighted by Gasteiger charge is -2.42. The van der Waals surface area contributed by atoms with Crippen LogP contribution in [0.4, 0.5) is 26.3 Å². The number of alkyl halides is 6. The molecule has 1 aromatic rings. The first-order valence-corrected chi connectivity index (χ1v) is 6.97. The van der Waals surface area contributed by atoms with Gasteiger partial charge in [-0.15, -0.1) is 0 Å². The number of hydroxylamine groups is 3. The highest BCUT2D eigenvalue weighted by atomic mass is 19.4. The standard InChI is InChI=1S/C14H18F6N2O/c1-2-4-22(23,5-3-21)9-10-6-11(13(15,16)17)8-12(7-10)14(18,19)20/h6-8H,2-5,9,21H2,1H3. The molecule has 23 heavy (non-hydrogen) atoms. The van der Waals surface area contributed by atoms with Gasteiger partial charge < -0.3 is 15.6 Å². The van der Waals surface area contributed by atoms with E-state index in [1.165, 1.54) is 0 Å². The zero-order valence-electron chi connectivity index (χ0n) is 12.5. The Morgan fingerprint density at radius 1 is 0.957 bits per heavy atom. The van der Waals surface area contributed by atoms with Gasteiger partial charge >= 0.3 is 12.4 Å². The quantitative estimate of drug-likeness (QED) is 0.483. The molecule has 1 atom stereocenters. The number of nitrogens with two attached hydrogens (primary N) is 1. The summed E-state index contributed by atoms with van der Waals surface area (Å²) in [7, 11) is 0. The summed E-state index contributed by atoms with van der Waals surface area (Å²) >= 11 is 0. The first kappa shape index (κ1) is 19.7. The molecule has 0 aliphatic carbocycles. The van der Waals surface area contributed by atoms with Gasteiger partial charge in [0.1, 0.15) is 6.54 Å². The number of rotatable bonds is 6. The molecule has 0 aliphatic heterocycles. The summed E-state index contributed by atoms with van der Waals surface area (Å²) in [5.41, 5.74) is 2.18. The van der Waals surface area contributed by atoms with Gasteiger partial charge in [0.15, 0.2) is 0 Å². The zero-order chi connectivity index (χ0) is 17.9. The second-order valence-electron chi connectivity index (χ2n) is 5.37. The topological polar surface area (TPSA) is 49.1 Å². The molecule has 0 spiro atoms. The number of halogens is 6. The van der Waals surface area contributed by atoms with Crippen LogP contribution in [0.1, 0.15) is 30.0 Å². The maximum atomic E-state index is 12.8. The summed E-state index contributed by atoms with van der Waals surface area (Å²) in [4.78, 5) is 0. The number of hydrogen-bond acceptors (Lipinski definition) is 2. The minimum Gasteiger partial charge on any atom is -0.633 e. The van der Waals surface area contributed by atoms with Crippen molar-refractivity contribution in [2.45, 2.75) is 32.2 Å². The van der Waals surface area contributed by atoms with Crippen molar-refractivity contribution in [1.29, 1.82) is 0 Å². The maximum absolute atomic E-state index is 12.8. The second kappa shape index (κ2) is 7.06. The summed E-state index contributed by atoms with van der Waals surface area (Å²) in [6.45, 7) is 1.20. The number of benzene rings is 1. The Morgan fingerprint density at radius 3 is 1.78 bits per heavy atom. The molecule has 1 rings (SSSR count). The molecule has 0 heterocycles. The van der Waals surface area contributed by atoms with Crippen molar-refractivity contribution in [3.8, 4) is 0 Å². The van der Waals surface area contributed by atoms with Crippen LogP contribution in [0.2, 0.25) is 0 Å². The molecule has 0 saturated heterocycles. The van der Waals surface area contributed by atoms with Crippen LogP contribution < -0.4 is 5.73 Å². The molecule has 0 radical (unpaired) electrons. The highest BCUT2D eigenvalue weighted by Gasteiger charge is 2.37. The molecule has 2 N–H and O–H groups in total. The van der Waals surface area contributed by atoms with E-state index in [0.717, 1.165) is 0 Å². The summed E-state index contributed by atoms with van der Waals surface area (Å²) < 4.78 is 75.8. The van der Waals surface area contributed by atoms with Crippen LogP contribution in [0.5, 0.6) is 0 Å². The van der Waals surface area contributed by atoms with E-state index in [4.69, 9.17) is 5.73 Å². The van der Waals surface area contributed by atoms with Crippen molar-refractivity contribution in [3.05, 3.63) is 40.1 Å². The molecule has 0 aromatic heterocycles. The van der Waals surface area contributed by atoms with Crippen molar-refractivity contribution in [3.63, 3.8) is 0 Å². The van der Waals surface area contributed by atoms with Gasteiger partial charge in [-0.25, -0.2) is 0 Å². The van der Waals surface area contributed by atoms with Crippen LogP contribution in [0.3, 0.4) is 0 Å². The van der Waals surface area contributed by atoms with Gasteiger partial charge in [-0.1, -0.05) is 6.92 Å². The molecule has 1 unspecified atom stereocenters. The normalized spacial score (nSPS) is 15.5. The van der Waals surface area contributed by atoms with Crippen molar-refractivity contribution in [1.82, 2.24) is 0 Å². The van der Waals surface area contributed by atoms with Crippen LogP contribution in [0, 0.1) is 5.21 Å². The third-order valence-electron chi connectivity index (χ3n) is 3.29. The van der Waals surface area contributed by atoms with E-state index in [1.54, 1.807) is 6.92 Å². The van der Waals surface area contributed by atoms with Crippen LogP contribution in [-0.4, -0.2) is 24.3 Å². The van der Waals surface area contributed by atoms with E-state index >= 15 is 0 Å². The highest BCUT2D eigenvalue weighted by molar-refractivity contribution is 5.33. The Bertz CT molecular complexity index is 489. The van der Waals surface area contributed by atoms with Crippen LogP contribution in [0.15, 0.2) is 18.2 Å². The third-order valence-corrected chi connectivity index (χ3v) is 3.29. The molecule has 3 nitrogen and oxygen atoms in total. The molecular formula is C14H18F6N2O. The fraction of sp³-hybridized carbons (Fsp3) is 0.571. The minimum atomic E-state index is -4.92. The van der Waals surface area contributed by atoms with E-state index in [0.29, 0.717) is 18.6 Å². The predicted molar refractivity (Wildman–Crippen MR) is 72.9 cm³/mol. The SMILES string of the molecule is CCC[N+]([O-])(CCN)Cc1cc(C(F)(F)F)cc(C(F)(F)F)c1. The summed E-state index contributed by atoms with van der Waals surface area (Å²) in [5, 5.41) is 12.5. The average molecular weight is 344 g/mol. The zero-order valence-corrected chi connectivity index (χ0v) is 12.5. The van der Waals surface area contributed by atoms with E-state index in [1.807, 2.05) is 0 Å². The van der Waals surface area contributed by atoms with Crippen LogP contribution in [-0.2, 0) is 18.9 Å². The van der Waals surface area contributed by atoms with Gasteiger partial charge in [0.2, 0.25) is 0 Å². The van der Waals surface area contributed by atoms with Gasteiger partial charge in [0, 0.05) is 12.1 Å². The summed E-state index contributed by atoms with van der Waals surface area (Å²) in [5.74, 6) is 0. The van der Waals surface area contributed by atoms with Crippen LogP contribution in [0.25, 0.3) is 0 Å². The number of nitrogens with zero attached hydrogens (tertiary/aromatic N) is 1. The van der Waals surface area contributed by atoms with Gasteiger partial charge in [0.05, 0.1) is 24.2 Å².